The van der Waals surface area contributed by atoms with Crippen molar-refractivity contribution in [3.8, 4) is 0 Å². The maximum Gasteiger partial charge on any atom is 0.262 e. The van der Waals surface area contributed by atoms with Gasteiger partial charge in [0.05, 0.1) is 0 Å². The van der Waals surface area contributed by atoms with Gasteiger partial charge in [-0.2, -0.15) is 0 Å². The van der Waals surface area contributed by atoms with Crippen LogP contribution in [0.5, 0.6) is 0 Å². The Hall–Kier alpha value is -2.43. The lowest BCUT2D eigenvalue weighted by Crippen LogP contribution is -2.59. The maximum atomic E-state index is 14.5. The first-order valence-electron chi connectivity index (χ1n) is 7.65. The second-order valence-electron chi connectivity index (χ2n) is 5.83. The third-order valence-corrected chi connectivity index (χ3v) is 4.85. The molecular formula is C18H5BBrF9. The van der Waals surface area contributed by atoms with Gasteiger partial charge in [-0.3, -0.25) is 0 Å². The van der Waals surface area contributed by atoms with Crippen LogP contribution in [0.2, 0.25) is 0 Å². The Bertz CT molecular complexity index is 997. The Morgan fingerprint density at radius 2 is 0.897 bits per heavy atom. The van der Waals surface area contributed by atoms with Gasteiger partial charge in [0.2, 0.25) is 0 Å². The van der Waals surface area contributed by atoms with Gasteiger partial charge in [-0.05, 0) is 17.6 Å². The summed E-state index contributed by atoms with van der Waals surface area (Å²) in [6.45, 7) is -2.62. The van der Waals surface area contributed by atoms with Crippen LogP contribution in [0.4, 0.5) is 39.5 Å². The molecule has 0 bridgehead atoms. The number of hydrogen-bond donors (Lipinski definition) is 0. The first-order chi connectivity index (χ1) is 13.6. The molecule has 3 aromatic carbocycles. The van der Waals surface area contributed by atoms with Crippen molar-refractivity contribution >= 4 is 39.0 Å². The van der Waals surface area contributed by atoms with Crippen LogP contribution in [-0.2, 0) is 0 Å². The molecule has 0 heterocycles. The molecule has 0 unspecified atom stereocenters. The highest BCUT2D eigenvalue weighted by molar-refractivity contribution is 9.10. The van der Waals surface area contributed by atoms with E-state index in [1.165, 1.54) is 0 Å². The van der Waals surface area contributed by atoms with Crippen LogP contribution < -0.4 is 16.4 Å². The summed E-state index contributed by atoms with van der Waals surface area (Å²) in [5.41, 5.74) is -4.25. The van der Waals surface area contributed by atoms with E-state index >= 15 is 0 Å². The van der Waals surface area contributed by atoms with E-state index in [0.717, 1.165) is 12.1 Å². The second kappa shape index (κ2) is 7.77. The molecule has 0 saturated carbocycles. The van der Waals surface area contributed by atoms with Gasteiger partial charge in [-0.1, -0.05) is 22.0 Å². The van der Waals surface area contributed by atoms with Gasteiger partial charge in [0, 0.05) is 27.5 Å². The van der Waals surface area contributed by atoms with Gasteiger partial charge in [-0.25, -0.2) is 39.5 Å². The van der Waals surface area contributed by atoms with Crippen LogP contribution in [0.25, 0.3) is 0 Å². The van der Waals surface area contributed by atoms with Crippen molar-refractivity contribution in [3.05, 3.63) is 87.2 Å². The number of halogens is 10. The summed E-state index contributed by atoms with van der Waals surface area (Å²) in [6, 6.07) is 2.53. The fraction of sp³-hybridized carbons (Fsp3) is 0. The van der Waals surface area contributed by atoms with Crippen LogP contribution in [0, 0.1) is 52.4 Å². The summed E-state index contributed by atoms with van der Waals surface area (Å²) in [5, 5.41) is 0. The molecule has 3 rings (SSSR count). The van der Waals surface area contributed by atoms with Crippen molar-refractivity contribution in [2.24, 2.45) is 0 Å². The van der Waals surface area contributed by atoms with E-state index in [9.17, 15) is 39.5 Å². The summed E-state index contributed by atoms with van der Waals surface area (Å²) < 4.78 is 127. The molecule has 11 heteroatoms. The molecule has 0 aliphatic rings. The maximum absolute atomic E-state index is 14.5. The largest absolute Gasteiger partial charge is 0.262 e. The van der Waals surface area contributed by atoms with Gasteiger partial charge in [-0.15, -0.1) is 0 Å². The zero-order valence-corrected chi connectivity index (χ0v) is 15.3. The molecule has 0 radical (unpaired) electrons. The van der Waals surface area contributed by atoms with Crippen LogP contribution in [0.1, 0.15) is 0 Å². The molecule has 0 aliphatic heterocycles. The summed E-state index contributed by atoms with van der Waals surface area (Å²) in [6.07, 6.45) is 0. The van der Waals surface area contributed by atoms with Gasteiger partial charge < -0.3 is 0 Å². The van der Waals surface area contributed by atoms with E-state index in [1.807, 2.05) is 0 Å². The quantitative estimate of drug-likeness (QED) is 0.298. The minimum atomic E-state index is -2.62. The van der Waals surface area contributed by atoms with Gasteiger partial charge in [0.1, 0.15) is 5.82 Å². The third-order valence-electron chi connectivity index (χ3n) is 4.16. The molecule has 0 aromatic heterocycles. The molecule has 150 valence electrons. The van der Waals surface area contributed by atoms with E-state index in [2.05, 4.69) is 15.9 Å². The topological polar surface area (TPSA) is 0 Å². The molecule has 0 N–H and O–H groups in total. The van der Waals surface area contributed by atoms with E-state index < -0.39 is 75.5 Å². The number of rotatable bonds is 3. The van der Waals surface area contributed by atoms with Crippen LogP contribution in [0.3, 0.4) is 0 Å². The SMILES string of the molecule is Fc1cc(F)c(F)c(B(c2c(F)cccc2Br)c2c(F)c(F)cc(F)c2F)c1F. The van der Waals surface area contributed by atoms with Crippen molar-refractivity contribution in [3.63, 3.8) is 0 Å². The van der Waals surface area contributed by atoms with E-state index in [1.54, 1.807) is 0 Å². The summed E-state index contributed by atoms with van der Waals surface area (Å²) >= 11 is 2.81. The van der Waals surface area contributed by atoms with Gasteiger partial charge in [0.15, 0.2) is 46.5 Å². The summed E-state index contributed by atoms with van der Waals surface area (Å²) in [7, 11) is 0. The van der Waals surface area contributed by atoms with Crippen molar-refractivity contribution in [2.45, 2.75) is 0 Å². The molecule has 0 spiro atoms. The van der Waals surface area contributed by atoms with Gasteiger partial charge in [0.25, 0.3) is 6.71 Å². The van der Waals surface area contributed by atoms with Crippen molar-refractivity contribution < 1.29 is 39.5 Å². The average molecular weight is 483 g/mol. The smallest absolute Gasteiger partial charge is 0.208 e. The fourth-order valence-corrected chi connectivity index (χ4v) is 3.48. The predicted molar refractivity (Wildman–Crippen MR) is 91.3 cm³/mol. The van der Waals surface area contributed by atoms with E-state index in [0.29, 0.717) is 6.07 Å². The first kappa shape index (κ1) is 21.3. The second-order valence-corrected chi connectivity index (χ2v) is 6.69. The minimum absolute atomic E-state index is 0.180. The van der Waals surface area contributed by atoms with E-state index in [4.69, 9.17) is 0 Å². The Balaban J connectivity index is 2.55. The van der Waals surface area contributed by atoms with E-state index in [-0.39, 0.29) is 16.6 Å². The Kier molecular flexibility index (Phi) is 5.71. The third kappa shape index (κ3) is 3.52. The van der Waals surface area contributed by atoms with Crippen LogP contribution >= 0.6 is 15.9 Å². The van der Waals surface area contributed by atoms with Gasteiger partial charge >= 0.3 is 0 Å². The molecule has 0 amide bonds. The Labute approximate surface area is 166 Å². The molecule has 0 fully saturated rings. The molecular weight excluding hydrogens is 478 g/mol. The molecule has 0 nitrogen and oxygen atoms in total. The zero-order chi connectivity index (χ0) is 21.6. The predicted octanol–water partition coefficient (Wildman–Crippen LogP) is 4.22. The normalized spacial score (nSPS) is 11.1. The fourth-order valence-electron chi connectivity index (χ4n) is 2.91. The minimum Gasteiger partial charge on any atom is -0.208 e. The van der Waals surface area contributed by atoms with Crippen molar-refractivity contribution in [1.29, 1.82) is 0 Å². The molecule has 0 atom stereocenters. The monoisotopic (exact) mass is 482 g/mol. The number of hydrogen-bond acceptors (Lipinski definition) is 0. The highest BCUT2D eigenvalue weighted by Crippen LogP contribution is 2.19. The average Bonchev–Trinajstić information content (AvgIpc) is 2.64. The highest BCUT2D eigenvalue weighted by Gasteiger charge is 2.40. The highest BCUT2D eigenvalue weighted by atomic mass is 79.9. The lowest BCUT2D eigenvalue weighted by molar-refractivity contribution is 0.459. The summed E-state index contributed by atoms with van der Waals surface area (Å²) in [5.74, 6) is -17.7. The zero-order valence-electron chi connectivity index (χ0n) is 13.7. The lowest BCUT2D eigenvalue weighted by atomic mass is 9.36. The molecule has 0 saturated heterocycles. The van der Waals surface area contributed by atoms with Crippen LogP contribution in [0.15, 0.2) is 34.8 Å². The summed E-state index contributed by atoms with van der Waals surface area (Å²) in [4.78, 5) is 0. The Morgan fingerprint density at radius 1 is 0.517 bits per heavy atom. The first-order valence-corrected chi connectivity index (χ1v) is 8.45. The number of benzene rings is 3. The Morgan fingerprint density at radius 3 is 1.24 bits per heavy atom. The molecule has 0 aliphatic carbocycles. The lowest BCUT2D eigenvalue weighted by Gasteiger charge is -2.21. The van der Waals surface area contributed by atoms with Crippen molar-refractivity contribution in [2.75, 3.05) is 0 Å². The van der Waals surface area contributed by atoms with Crippen molar-refractivity contribution in [1.82, 2.24) is 0 Å². The standard InChI is InChI=1S/C18H5BBrF9/c20-6-2-1-3-7(21)12(6)19(13-15(26)8(22)4-9(23)16(13)27)14-17(28)10(24)5-11(25)18(14)29/h1-5H. The molecule has 3 aromatic rings. The molecule has 29 heavy (non-hydrogen) atoms. The van der Waals surface area contributed by atoms with Crippen LogP contribution in [-0.4, -0.2) is 6.71 Å².